The van der Waals surface area contributed by atoms with Gasteiger partial charge in [-0.3, -0.25) is 19.2 Å². The maximum Gasteiger partial charge on any atom is 0.303 e. The second-order valence-corrected chi connectivity index (χ2v) is 4.73. The molecule has 0 fully saturated rings. The molecule has 0 amide bonds. The third-order valence-electron chi connectivity index (χ3n) is 2.56. The van der Waals surface area contributed by atoms with E-state index < -0.39 is 48.3 Å². The van der Waals surface area contributed by atoms with Gasteiger partial charge in [-0.1, -0.05) is 0 Å². The molecule has 0 bridgehead atoms. The minimum absolute atomic E-state index is 0.628. The van der Waals surface area contributed by atoms with E-state index in [1.54, 1.807) is 0 Å². The van der Waals surface area contributed by atoms with Crippen molar-refractivity contribution in [1.29, 1.82) is 0 Å². The molecule has 4 atom stereocenters. The van der Waals surface area contributed by atoms with Gasteiger partial charge in [-0.25, -0.2) is 0 Å². The van der Waals surface area contributed by atoms with Crippen LogP contribution in [-0.2, 0) is 38.1 Å². The first-order valence-electron chi connectivity index (χ1n) is 6.82. The van der Waals surface area contributed by atoms with Crippen molar-refractivity contribution in [3.8, 4) is 0 Å². The average Bonchev–Trinajstić information content (AvgIpc) is 2.38. The van der Waals surface area contributed by atoms with Crippen LogP contribution >= 0.6 is 0 Å². The molecule has 0 unspecified atom stereocenters. The topological polar surface area (TPSA) is 105 Å². The van der Waals surface area contributed by atoms with Crippen LogP contribution in [0.3, 0.4) is 0 Å². The monoisotopic (exact) mass is 329 g/mol. The third-order valence-corrected chi connectivity index (χ3v) is 2.56. The lowest BCUT2D eigenvalue weighted by Crippen LogP contribution is -2.50. The molecule has 23 heavy (non-hydrogen) atoms. The molecule has 0 aliphatic rings. The number of hydrogen-bond donors (Lipinski definition) is 0. The highest BCUT2D eigenvalue weighted by molar-refractivity contribution is 5.69. The molecule has 128 valence electrons. The molecule has 0 saturated heterocycles. The van der Waals surface area contributed by atoms with Crippen molar-refractivity contribution >= 4 is 23.9 Å². The van der Waals surface area contributed by atoms with E-state index >= 15 is 0 Å². The summed E-state index contributed by atoms with van der Waals surface area (Å²) in [6.07, 6.45) is -3.69. The maximum atomic E-state index is 11.3. The fourth-order valence-corrected chi connectivity index (χ4v) is 1.87. The number of hydrogen-bond acceptors (Lipinski definition) is 8. The fraction of sp³-hybridized carbons (Fsp3) is 0.600. The molecule has 0 rings (SSSR count). The van der Waals surface area contributed by atoms with Crippen LogP contribution in [0.5, 0.6) is 0 Å². The Morgan fingerprint density at radius 3 is 1.48 bits per heavy atom. The second kappa shape index (κ2) is 9.53. The van der Waals surface area contributed by atoms with Crippen LogP contribution in [0.4, 0.5) is 0 Å². The second-order valence-electron chi connectivity index (χ2n) is 4.73. The average molecular weight is 329 g/mol. The first kappa shape index (κ1) is 20.5. The quantitative estimate of drug-likeness (QED) is 0.364. The van der Waals surface area contributed by atoms with Gasteiger partial charge in [-0.05, 0) is 6.92 Å². The molecule has 0 aromatic carbocycles. The molecule has 8 nitrogen and oxygen atoms in total. The van der Waals surface area contributed by atoms with Crippen LogP contribution in [0.25, 0.3) is 0 Å². The van der Waals surface area contributed by atoms with E-state index in [9.17, 15) is 19.2 Å². The molecule has 0 aliphatic carbocycles. The van der Waals surface area contributed by atoms with Crippen molar-refractivity contribution in [2.75, 3.05) is 0 Å². The molecule has 0 aromatic heterocycles. The third kappa shape index (κ3) is 7.92. The molecule has 0 spiro atoms. The maximum absolute atomic E-state index is 11.3. The van der Waals surface area contributed by atoms with Crippen LogP contribution in [0.1, 0.15) is 34.6 Å². The summed E-state index contributed by atoms with van der Waals surface area (Å²) in [6, 6.07) is 0. The summed E-state index contributed by atoms with van der Waals surface area (Å²) in [4.78, 5) is 44.9. The summed E-state index contributed by atoms with van der Waals surface area (Å²) in [6.45, 7) is 11.4. The zero-order valence-electron chi connectivity index (χ0n) is 13.7. The van der Waals surface area contributed by atoms with Crippen molar-refractivity contribution in [3.63, 3.8) is 0 Å². The van der Waals surface area contributed by atoms with Gasteiger partial charge in [-0.15, -0.1) is 0 Å². The van der Waals surface area contributed by atoms with Gasteiger partial charge in [0.15, 0.2) is 18.3 Å². The Morgan fingerprint density at radius 1 is 0.739 bits per heavy atom. The standard InChI is InChI=1S/C15H21O8/c1-7-13(21-10(4)17)15(23-12(6)19)14(22-11(5)18)8(2)20-9(3)16/h1,7-8,13-15H,2-6H3/q+1/t8-,13+,14-,15-/m0/s1. The Hall–Kier alpha value is -2.47. The van der Waals surface area contributed by atoms with Crippen molar-refractivity contribution in [3.05, 3.63) is 12.7 Å². The Labute approximate surface area is 134 Å². The van der Waals surface area contributed by atoms with E-state index in [0.717, 1.165) is 26.8 Å². The van der Waals surface area contributed by atoms with Crippen LogP contribution in [0, 0.1) is 6.58 Å². The Morgan fingerprint density at radius 2 is 1.13 bits per heavy atom. The lowest BCUT2D eigenvalue weighted by Gasteiger charge is -2.32. The number of ether oxygens (including phenoxy) is 4. The van der Waals surface area contributed by atoms with E-state index in [1.165, 1.54) is 13.8 Å². The Bertz CT molecular complexity index is 470. The Kier molecular flexibility index (Phi) is 8.50. The van der Waals surface area contributed by atoms with Gasteiger partial charge in [0.2, 0.25) is 12.7 Å². The molecule has 0 aromatic rings. The van der Waals surface area contributed by atoms with E-state index in [1.807, 2.05) is 0 Å². The lowest BCUT2D eigenvalue weighted by molar-refractivity contribution is -0.193. The van der Waals surface area contributed by atoms with Crippen LogP contribution in [0.2, 0.25) is 0 Å². The number of esters is 4. The summed E-state index contributed by atoms with van der Waals surface area (Å²) in [7, 11) is 0. The number of rotatable bonds is 8. The summed E-state index contributed by atoms with van der Waals surface area (Å²) in [5, 5.41) is 0. The molecule has 0 heterocycles. The predicted molar refractivity (Wildman–Crippen MR) is 76.8 cm³/mol. The van der Waals surface area contributed by atoms with Crippen LogP contribution in [-0.4, -0.2) is 48.3 Å². The normalized spacial score (nSPS) is 15.3. The van der Waals surface area contributed by atoms with Gasteiger partial charge in [-0.2, -0.15) is 0 Å². The number of carbonyl (C=O) groups excluding carboxylic acids is 4. The van der Waals surface area contributed by atoms with Crippen molar-refractivity contribution in [2.45, 2.75) is 59.0 Å². The Balaban J connectivity index is 5.62. The molecule has 0 aliphatic heterocycles. The number of carbonyl (C=O) groups is 4. The largest absolute Gasteiger partial charge is 0.459 e. The molecule has 0 N–H and O–H groups in total. The van der Waals surface area contributed by atoms with E-state index in [-0.39, 0.29) is 0 Å². The highest BCUT2D eigenvalue weighted by Gasteiger charge is 2.41. The smallest absolute Gasteiger partial charge is 0.303 e. The summed E-state index contributed by atoms with van der Waals surface area (Å²) in [5.41, 5.74) is 0. The molecular formula is C15H21O8+. The van der Waals surface area contributed by atoms with Crippen molar-refractivity contribution in [1.82, 2.24) is 0 Å². The van der Waals surface area contributed by atoms with E-state index in [4.69, 9.17) is 25.5 Å². The highest BCUT2D eigenvalue weighted by atomic mass is 16.6. The zero-order valence-corrected chi connectivity index (χ0v) is 13.7. The summed E-state index contributed by atoms with van der Waals surface area (Å²) < 4.78 is 20.1. The van der Waals surface area contributed by atoms with Crippen molar-refractivity contribution < 1.29 is 38.1 Å². The lowest BCUT2D eigenvalue weighted by atomic mass is 10.0. The van der Waals surface area contributed by atoms with E-state index in [2.05, 4.69) is 0 Å². The van der Waals surface area contributed by atoms with Gasteiger partial charge in [0, 0.05) is 27.7 Å². The predicted octanol–water partition coefficient (Wildman–Crippen LogP) is 0.722. The van der Waals surface area contributed by atoms with Gasteiger partial charge in [0.1, 0.15) is 6.10 Å². The van der Waals surface area contributed by atoms with Crippen molar-refractivity contribution in [2.24, 2.45) is 0 Å². The summed E-state index contributed by atoms with van der Waals surface area (Å²) >= 11 is 0. The van der Waals surface area contributed by atoms with Crippen LogP contribution in [0.15, 0.2) is 6.08 Å². The molecule has 0 radical (unpaired) electrons. The first-order chi connectivity index (χ1) is 10.6. The minimum Gasteiger partial charge on any atom is -0.459 e. The SMILES string of the molecule is [CH+]=C[C@@H](OC(C)=O)[C@H](OC(C)=O)[C@@H](OC(C)=O)[C@H](C)OC(C)=O. The van der Waals surface area contributed by atoms with Gasteiger partial charge >= 0.3 is 23.9 Å². The first-order valence-corrected chi connectivity index (χ1v) is 6.82. The molecule has 8 heteroatoms. The fourth-order valence-electron chi connectivity index (χ4n) is 1.87. The van der Waals surface area contributed by atoms with Gasteiger partial charge < -0.3 is 18.9 Å². The minimum atomic E-state index is -1.28. The van der Waals surface area contributed by atoms with Crippen LogP contribution < -0.4 is 0 Å². The molecular weight excluding hydrogens is 308 g/mol. The van der Waals surface area contributed by atoms with Gasteiger partial charge in [0.05, 0.1) is 0 Å². The van der Waals surface area contributed by atoms with Gasteiger partial charge in [0.25, 0.3) is 0 Å². The summed E-state index contributed by atoms with van der Waals surface area (Å²) in [5.74, 6) is -2.74. The van der Waals surface area contributed by atoms with E-state index in [0.29, 0.717) is 0 Å². The zero-order chi connectivity index (χ0) is 18.2. The molecule has 0 saturated carbocycles. The highest BCUT2D eigenvalue weighted by Crippen LogP contribution is 2.19.